The number of sulfone groups is 1. The maximum absolute atomic E-state index is 12.7. The number of halogens is 1. The van der Waals surface area contributed by atoms with Gasteiger partial charge in [0.1, 0.15) is 5.82 Å². The van der Waals surface area contributed by atoms with Crippen LogP contribution in [0.25, 0.3) is 11.3 Å². The van der Waals surface area contributed by atoms with Crippen LogP contribution in [-0.2, 0) is 21.0 Å². The van der Waals surface area contributed by atoms with E-state index in [4.69, 9.17) is 21.3 Å². The molecule has 7 nitrogen and oxygen atoms in total. The minimum Gasteiger partial charge on any atom is -0.381 e. The van der Waals surface area contributed by atoms with Crippen molar-refractivity contribution in [2.24, 2.45) is 17.3 Å². The third-order valence-corrected chi connectivity index (χ3v) is 10.7. The molecule has 0 atom stereocenters. The summed E-state index contributed by atoms with van der Waals surface area (Å²) in [6.07, 6.45) is 8.94. The average Bonchev–Trinajstić information content (AvgIpc) is 3.02. The van der Waals surface area contributed by atoms with Crippen molar-refractivity contribution in [1.82, 2.24) is 9.97 Å². The summed E-state index contributed by atoms with van der Waals surface area (Å²) in [5.74, 6) is 1.88. The van der Waals surface area contributed by atoms with Crippen molar-refractivity contribution in [1.29, 1.82) is 5.26 Å². The Morgan fingerprint density at radius 3 is 2.49 bits per heavy atom. The topological polar surface area (TPSA) is 105 Å². The van der Waals surface area contributed by atoms with Crippen LogP contribution in [0.2, 0.25) is 5.02 Å². The summed E-state index contributed by atoms with van der Waals surface area (Å²) in [5, 5.41) is 13.7. The van der Waals surface area contributed by atoms with Crippen LogP contribution in [0.15, 0.2) is 65.7 Å². The second-order valence-corrected chi connectivity index (χ2v) is 13.9. The summed E-state index contributed by atoms with van der Waals surface area (Å²) in [6.45, 7) is 1.74. The Labute approximate surface area is 248 Å². The molecule has 1 saturated heterocycles. The number of rotatable bonds is 10. The maximum Gasteiger partial charge on any atom is 0.178 e. The van der Waals surface area contributed by atoms with Gasteiger partial charge in [-0.05, 0) is 80.7 Å². The molecule has 2 aliphatic rings. The molecule has 1 N–H and O–H groups in total. The summed E-state index contributed by atoms with van der Waals surface area (Å²) in [5.41, 5.74) is 2.17. The fourth-order valence-electron chi connectivity index (χ4n) is 5.91. The lowest BCUT2D eigenvalue weighted by molar-refractivity contribution is 0.0455. The quantitative estimate of drug-likeness (QED) is 0.278. The van der Waals surface area contributed by atoms with Crippen molar-refractivity contribution in [3.05, 3.63) is 71.5 Å². The van der Waals surface area contributed by atoms with E-state index >= 15 is 0 Å². The Bertz CT molecular complexity index is 1460. The van der Waals surface area contributed by atoms with Crippen LogP contribution in [-0.4, -0.2) is 43.9 Å². The van der Waals surface area contributed by atoms with Gasteiger partial charge in [0, 0.05) is 37.2 Å². The molecule has 5 rings (SSSR count). The Hall–Kier alpha value is -2.99. The van der Waals surface area contributed by atoms with E-state index in [9.17, 15) is 13.7 Å². The third kappa shape index (κ3) is 7.65. The highest BCUT2D eigenvalue weighted by atomic mass is 35.5. The molecule has 216 valence electrons. The fourth-order valence-corrected chi connectivity index (χ4v) is 7.56. The van der Waals surface area contributed by atoms with Crippen molar-refractivity contribution in [2.45, 2.75) is 56.3 Å². The van der Waals surface area contributed by atoms with Crippen LogP contribution < -0.4 is 5.32 Å². The van der Waals surface area contributed by atoms with Gasteiger partial charge in [0.25, 0.3) is 0 Å². The molecule has 2 aromatic heterocycles. The van der Waals surface area contributed by atoms with Gasteiger partial charge in [0.05, 0.1) is 32.8 Å². The molecule has 0 amide bonds. The van der Waals surface area contributed by atoms with Crippen LogP contribution in [0.5, 0.6) is 0 Å². The number of aromatic nitrogens is 2. The molecule has 41 heavy (non-hydrogen) atoms. The van der Waals surface area contributed by atoms with Gasteiger partial charge in [-0.2, -0.15) is 5.26 Å². The highest BCUT2D eigenvalue weighted by molar-refractivity contribution is 7.91. The number of nitrogens with zero attached hydrogens (tertiary/aromatic N) is 3. The SMILES string of the molecule is N#CC1(CNc2cccc(-c3cc(CC4CCC(CCS(=O)(=O)c5ccccc5)CC4)ncc3Cl)n2)CCOCC1. The molecular formula is C32H37ClN4O3S. The summed E-state index contributed by atoms with van der Waals surface area (Å²) in [6, 6.07) is 19.1. The Morgan fingerprint density at radius 2 is 1.76 bits per heavy atom. The average molecular weight is 593 g/mol. The molecule has 3 heterocycles. The Morgan fingerprint density at radius 1 is 1.02 bits per heavy atom. The lowest BCUT2D eigenvalue weighted by atomic mass is 9.79. The zero-order valence-electron chi connectivity index (χ0n) is 23.3. The monoisotopic (exact) mass is 592 g/mol. The van der Waals surface area contributed by atoms with Crippen LogP contribution in [0, 0.1) is 28.6 Å². The summed E-state index contributed by atoms with van der Waals surface area (Å²) < 4.78 is 30.8. The zero-order chi connectivity index (χ0) is 28.7. The molecule has 3 aromatic rings. The number of benzene rings is 1. The van der Waals surface area contributed by atoms with Gasteiger partial charge in [-0.3, -0.25) is 4.98 Å². The van der Waals surface area contributed by atoms with Crippen molar-refractivity contribution in [3.8, 4) is 17.3 Å². The number of pyridine rings is 2. The van der Waals surface area contributed by atoms with Crippen molar-refractivity contribution in [2.75, 3.05) is 30.8 Å². The van der Waals surface area contributed by atoms with E-state index in [1.807, 2.05) is 30.3 Å². The predicted molar refractivity (Wildman–Crippen MR) is 161 cm³/mol. The lowest BCUT2D eigenvalue weighted by Crippen LogP contribution is -2.34. The van der Waals surface area contributed by atoms with Gasteiger partial charge in [-0.15, -0.1) is 0 Å². The third-order valence-electron chi connectivity index (χ3n) is 8.59. The second kappa shape index (κ2) is 13.3. The molecule has 0 radical (unpaired) electrons. The molecule has 0 bridgehead atoms. The lowest BCUT2D eigenvalue weighted by Gasteiger charge is -2.30. The van der Waals surface area contributed by atoms with Gasteiger partial charge >= 0.3 is 0 Å². The highest BCUT2D eigenvalue weighted by Gasteiger charge is 2.32. The largest absolute Gasteiger partial charge is 0.381 e. The van der Waals surface area contributed by atoms with E-state index in [0.717, 1.165) is 49.1 Å². The minimum atomic E-state index is -3.23. The first-order chi connectivity index (χ1) is 19.9. The number of anilines is 1. The molecule has 1 aromatic carbocycles. The molecule has 2 fully saturated rings. The first-order valence-electron chi connectivity index (χ1n) is 14.5. The van der Waals surface area contributed by atoms with Crippen molar-refractivity contribution in [3.63, 3.8) is 0 Å². The standard InChI is InChI=1S/C32H37ClN4O3S/c33-29-21-35-26(19-25-11-9-24(10-12-25)13-18-41(38,39)27-5-2-1-3-6-27)20-28(29)30-7-4-8-31(37-30)36-23-32(22-34)14-16-40-17-15-32/h1-8,20-21,24-25H,9-19,23H2,(H,36,37). The van der Waals surface area contributed by atoms with Crippen LogP contribution in [0.3, 0.4) is 0 Å². The summed E-state index contributed by atoms with van der Waals surface area (Å²) >= 11 is 6.58. The normalized spacial score (nSPS) is 20.7. The van der Waals surface area contributed by atoms with E-state index < -0.39 is 15.3 Å². The Balaban J connectivity index is 1.16. The smallest absolute Gasteiger partial charge is 0.178 e. The van der Waals surface area contributed by atoms with E-state index in [1.54, 1.807) is 30.5 Å². The van der Waals surface area contributed by atoms with E-state index in [0.29, 0.717) is 66.6 Å². The zero-order valence-corrected chi connectivity index (χ0v) is 24.8. The van der Waals surface area contributed by atoms with Crippen molar-refractivity contribution < 1.29 is 13.2 Å². The van der Waals surface area contributed by atoms with Gasteiger partial charge in [-0.25, -0.2) is 13.4 Å². The first kappa shape index (κ1) is 29.5. The summed E-state index contributed by atoms with van der Waals surface area (Å²) in [7, 11) is -3.23. The molecule has 9 heteroatoms. The van der Waals surface area contributed by atoms with Crippen LogP contribution in [0.1, 0.15) is 50.6 Å². The van der Waals surface area contributed by atoms with Gasteiger partial charge in [0.2, 0.25) is 0 Å². The van der Waals surface area contributed by atoms with E-state index in [1.165, 1.54) is 0 Å². The maximum atomic E-state index is 12.7. The predicted octanol–water partition coefficient (Wildman–Crippen LogP) is 6.74. The van der Waals surface area contributed by atoms with Gasteiger partial charge in [-0.1, -0.05) is 48.7 Å². The Kier molecular flexibility index (Phi) is 9.59. The molecule has 0 spiro atoms. The number of hydrogen-bond acceptors (Lipinski definition) is 7. The fraction of sp³-hybridized carbons (Fsp3) is 0.469. The summed E-state index contributed by atoms with van der Waals surface area (Å²) in [4.78, 5) is 9.83. The van der Waals surface area contributed by atoms with Crippen molar-refractivity contribution >= 4 is 27.3 Å². The minimum absolute atomic E-state index is 0.210. The first-order valence-corrected chi connectivity index (χ1v) is 16.5. The van der Waals surface area contributed by atoms with E-state index in [-0.39, 0.29) is 5.75 Å². The number of nitriles is 1. The number of ether oxygens (including phenoxy) is 1. The van der Waals surface area contributed by atoms with Gasteiger partial charge < -0.3 is 10.1 Å². The molecule has 1 saturated carbocycles. The molecular weight excluding hydrogens is 556 g/mol. The van der Waals surface area contributed by atoms with E-state index in [2.05, 4.69) is 16.4 Å². The highest BCUT2D eigenvalue weighted by Crippen LogP contribution is 2.35. The molecule has 0 unspecified atom stereocenters. The second-order valence-electron chi connectivity index (χ2n) is 11.4. The number of nitrogens with one attached hydrogen (secondary N) is 1. The van der Waals surface area contributed by atoms with Crippen LogP contribution >= 0.6 is 11.6 Å². The van der Waals surface area contributed by atoms with Crippen LogP contribution in [0.4, 0.5) is 5.82 Å². The molecule has 1 aliphatic heterocycles. The molecule has 1 aliphatic carbocycles. The number of hydrogen-bond donors (Lipinski definition) is 1. The van der Waals surface area contributed by atoms with Gasteiger partial charge in [0.15, 0.2) is 9.84 Å².